The summed E-state index contributed by atoms with van der Waals surface area (Å²) in [7, 11) is 0. The second kappa shape index (κ2) is 4.57. The van der Waals surface area contributed by atoms with Crippen LogP contribution in [0.25, 0.3) is 0 Å². The van der Waals surface area contributed by atoms with E-state index in [4.69, 9.17) is 0 Å². The number of phenols is 1. The highest BCUT2D eigenvalue weighted by Crippen LogP contribution is 2.23. The molecule has 0 saturated carbocycles. The molecule has 0 atom stereocenters. The molecule has 1 aromatic rings. The molecule has 1 aliphatic rings. The van der Waals surface area contributed by atoms with E-state index in [1.807, 2.05) is 0 Å². The van der Waals surface area contributed by atoms with Gasteiger partial charge in [-0.1, -0.05) is 0 Å². The normalized spacial score (nSPS) is 14.0. The second-order valence-electron chi connectivity index (χ2n) is 3.22. The predicted molar refractivity (Wildman–Crippen MR) is 59.2 cm³/mol. The van der Waals surface area contributed by atoms with Crippen LogP contribution in [0.4, 0.5) is 0 Å². The maximum atomic E-state index is 10.5. The molecule has 0 bridgehead atoms. The summed E-state index contributed by atoms with van der Waals surface area (Å²) in [6.45, 7) is 1.73. The van der Waals surface area contributed by atoms with E-state index in [-0.39, 0.29) is 22.7 Å². The predicted octanol–water partition coefficient (Wildman–Crippen LogP) is 1.43. The van der Waals surface area contributed by atoms with E-state index >= 15 is 0 Å². The standard InChI is InChI=1S/C10H11NO2.BrH/c12-6-9-3-8-5-11-2-1-7(8)4-10(9)13;/h3-4,6,11,13H,1-2,5H2;1H. The smallest absolute Gasteiger partial charge is 0.153 e. The molecule has 1 aliphatic heterocycles. The third-order valence-corrected chi connectivity index (χ3v) is 2.36. The third kappa shape index (κ3) is 1.96. The lowest BCUT2D eigenvalue weighted by molar-refractivity contribution is 0.112. The van der Waals surface area contributed by atoms with Crippen molar-refractivity contribution in [2.75, 3.05) is 6.54 Å². The van der Waals surface area contributed by atoms with Gasteiger partial charge >= 0.3 is 0 Å². The molecule has 0 amide bonds. The van der Waals surface area contributed by atoms with Crippen molar-refractivity contribution < 1.29 is 9.90 Å². The molecule has 0 aromatic heterocycles. The Labute approximate surface area is 92.9 Å². The van der Waals surface area contributed by atoms with E-state index in [1.165, 1.54) is 0 Å². The zero-order valence-electron chi connectivity index (χ0n) is 7.62. The molecule has 2 N–H and O–H groups in total. The van der Waals surface area contributed by atoms with Crippen LogP contribution < -0.4 is 5.32 Å². The van der Waals surface area contributed by atoms with Crippen molar-refractivity contribution in [2.45, 2.75) is 13.0 Å². The van der Waals surface area contributed by atoms with Crippen molar-refractivity contribution in [3.63, 3.8) is 0 Å². The number of nitrogens with one attached hydrogen (secondary N) is 1. The highest BCUT2D eigenvalue weighted by molar-refractivity contribution is 8.93. The van der Waals surface area contributed by atoms with Gasteiger partial charge in [0.2, 0.25) is 0 Å². The van der Waals surface area contributed by atoms with Crippen LogP contribution in [0.2, 0.25) is 0 Å². The van der Waals surface area contributed by atoms with E-state index in [2.05, 4.69) is 5.32 Å². The summed E-state index contributed by atoms with van der Waals surface area (Å²) in [5.74, 6) is 0.0932. The van der Waals surface area contributed by atoms with Gasteiger partial charge in [-0.15, -0.1) is 17.0 Å². The van der Waals surface area contributed by atoms with Gasteiger partial charge < -0.3 is 10.4 Å². The third-order valence-electron chi connectivity index (χ3n) is 2.36. The number of rotatable bonds is 1. The number of carbonyl (C=O) groups excluding carboxylic acids is 1. The monoisotopic (exact) mass is 257 g/mol. The number of hydrogen-bond donors (Lipinski definition) is 2. The Balaban J connectivity index is 0.000000980. The Kier molecular flexibility index (Phi) is 3.66. The molecule has 76 valence electrons. The first kappa shape index (κ1) is 11.2. The molecule has 4 heteroatoms. The summed E-state index contributed by atoms with van der Waals surface area (Å²) < 4.78 is 0. The molecular formula is C10H12BrNO2. The maximum absolute atomic E-state index is 10.5. The minimum Gasteiger partial charge on any atom is -0.507 e. The van der Waals surface area contributed by atoms with Crippen molar-refractivity contribution in [1.29, 1.82) is 0 Å². The van der Waals surface area contributed by atoms with E-state index in [1.54, 1.807) is 12.1 Å². The van der Waals surface area contributed by atoms with Crippen molar-refractivity contribution in [3.8, 4) is 5.75 Å². The number of carbonyl (C=O) groups is 1. The van der Waals surface area contributed by atoms with Crippen LogP contribution in [-0.2, 0) is 13.0 Å². The number of hydrogen-bond acceptors (Lipinski definition) is 3. The fraction of sp³-hybridized carbons (Fsp3) is 0.300. The van der Waals surface area contributed by atoms with Crippen LogP contribution in [0.3, 0.4) is 0 Å². The van der Waals surface area contributed by atoms with Crippen molar-refractivity contribution in [1.82, 2.24) is 5.32 Å². The number of phenolic OH excluding ortho intramolecular Hbond substituents is 1. The molecule has 1 aromatic carbocycles. The summed E-state index contributed by atoms with van der Waals surface area (Å²) in [5, 5.41) is 12.6. The lowest BCUT2D eigenvalue weighted by Gasteiger charge is -2.17. The molecule has 0 spiro atoms. The molecule has 0 fully saturated rings. The summed E-state index contributed by atoms with van der Waals surface area (Å²) in [5.41, 5.74) is 2.63. The minimum atomic E-state index is 0. The van der Waals surface area contributed by atoms with Crippen LogP contribution in [0.1, 0.15) is 21.5 Å². The number of aromatic hydroxyl groups is 1. The van der Waals surface area contributed by atoms with Gasteiger partial charge in [0.15, 0.2) is 6.29 Å². The Bertz CT molecular complexity index is 352. The fourth-order valence-electron chi connectivity index (χ4n) is 1.63. The fourth-order valence-corrected chi connectivity index (χ4v) is 1.63. The molecule has 3 nitrogen and oxygen atoms in total. The molecule has 14 heavy (non-hydrogen) atoms. The Morgan fingerprint density at radius 3 is 2.86 bits per heavy atom. The van der Waals surface area contributed by atoms with E-state index < -0.39 is 0 Å². The quantitative estimate of drug-likeness (QED) is 0.749. The lowest BCUT2D eigenvalue weighted by Crippen LogP contribution is -2.23. The molecule has 0 unspecified atom stereocenters. The molecule has 1 heterocycles. The first-order valence-corrected chi connectivity index (χ1v) is 4.32. The number of fused-ring (bicyclic) bond motifs is 1. The van der Waals surface area contributed by atoms with Gasteiger partial charge in [0.25, 0.3) is 0 Å². The number of halogens is 1. The van der Waals surface area contributed by atoms with Crippen molar-refractivity contribution in [2.24, 2.45) is 0 Å². The van der Waals surface area contributed by atoms with Crippen molar-refractivity contribution in [3.05, 3.63) is 28.8 Å². The zero-order chi connectivity index (χ0) is 9.26. The highest BCUT2D eigenvalue weighted by atomic mass is 79.9. The van der Waals surface area contributed by atoms with Gasteiger partial charge in [-0.25, -0.2) is 0 Å². The average Bonchev–Trinajstić information content (AvgIpc) is 2.17. The maximum Gasteiger partial charge on any atom is 0.153 e. The van der Waals surface area contributed by atoms with E-state index in [0.717, 1.165) is 30.6 Å². The molecular weight excluding hydrogens is 246 g/mol. The van der Waals surface area contributed by atoms with Gasteiger partial charge in [-0.05, 0) is 36.2 Å². The molecule has 0 radical (unpaired) electrons. The molecule has 0 aliphatic carbocycles. The van der Waals surface area contributed by atoms with E-state index in [9.17, 15) is 9.90 Å². The lowest BCUT2D eigenvalue weighted by atomic mass is 9.98. The molecule has 2 rings (SSSR count). The van der Waals surface area contributed by atoms with E-state index in [0.29, 0.717) is 11.8 Å². The van der Waals surface area contributed by atoms with Crippen molar-refractivity contribution >= 4 is 23.3 Å². The zero-order valence-corrected chi connectivity index (χ0v) is 9.33. The van der Waals surface area contributed by atoms with Crippen LogP contribution in [-0.4, -0.2) is 17.9 Å². The van der Waals surface area contributed by atoms with Gasteiger partial charge in [-0.2, -0.15) is 0 Å². The van der Waals surface area contributed by atoms with Crippen LogP contribution in [0.15, 0.2) is 12.1 Å². The van der Waals surface area contributed by atoms with Gasteiger partial charge in [0.1, 0.15) is 5.75 Å². The first-order chi connectivity index (χ1) is 6.31. The summed E-state index contributed by atoms with van der Waals surface area (Å²) in [6, 6.07) is 3.45. The Morgan fingerprint density at radius 2 is 2.14 bits per heavy atom. The summed E-state index contributed by atoms with van der Waals surface area (Å²) in [6.07, 6.45) is 1.60. The average molecular weight is 258 g/mol. The highest BCUT2D eigenvalue weighted by Gasteiger charge is 2.11. The van der Waals surface area contributed by atoms with Gasteiger partial charge in [0.05, 0.1) is 5.56 Å². The largest absolute Gasteiger partial charge is 0.507 e. The van der Waals surface area contributed by atoms with Gasteiger partial charge in [0, 0.05) is 6.54 Å². The Hall–Kier alpha value is -0.870. The minimum absolute atomic E-state index is 0. The van der Waals surface area contributed by atoms with Crippen LogP contribution >= 0.6 is 17.0 Å². The van der Waals surface area contributed by atoms with Crippen LogP contribution in [0.5, 0.6) is 5.75 Å². The number of aldehydes is 1. The number of benzene rings is 1. The molecule has 0 saturated heterocycles. The summed E-state index contributed by atoms with van der Waals surface area (Å²) >= 11 is 0. The SMILES string of the molecule is Br.O=Cc1cc2c(cc1O)CCNC2. The topological polar surface area (TPSA) is 49.3 Å². The Morgan fingerprint density at radius 1 is 1.36 bits per heavy atom. The summed E-state index contributed by atoms with van der Waals surface area (Å²) in [4.78, 5) is 10.5. The van der Waals surface area contributed by atoms with Gasteiger partial charge in [-0.3, -0.25) is 4.79 Å². The first-order valence-electron chi connectivity index (χ1n) is 4.32. The van der Waals surface area contributed by atoms with Crippen LogP contribution in [0, 0.1) is 0 Å². The second-order valence-corrected chi connectivity index (χ2v) is 3.22.